The van der Waals surface area contributed by atoms with Gasteiger partial charge in [0.15, 0.2) is 6.61 Å². The summed E-state index contributed by atoms with van der Waals surface area (Å²) in [6, 6.07) is 13.1. The number of rotatable bonds is 9. The van der Waals surface area contributed by atoms with E-state index in [0.717, 1.165) is 4.47 Å². The second-order valence-electron chi connectivity index (χ2n) is 6.45. The van der Waals surface area contributed by atoms with Crippen molar-refractivity contribution in [1.29, 1.82) is 0 Å². The summed E-state index contributed by atoms with van der Waals surface area (Å²) in [6.45, 7) is 4.19. The second kappa shape index (κ2) is 11.8. The lowest BCUT2D eigenvalue weighted by molar-refractivity contribution is -0.146. The molecule has 0 aliphatic rings. The van der Waals surface area contributed by atoms with Crippen molar-refractivity contribution in [2.24, 2.45) is 0 Å². The van der Waals surface area contributed by atoms with E-state index in [1.807, 2.05) is 13.8 Å². The zero-order valence-corrected chi connectivity index (χ0v) is 18.9. The quantitative estimate of drug-likeness (QED) is 0.526. The van der Waals surface area contributed by atoms with Gasteiger partial charge < -0.3 is 20.3 Å². The van der Waals surface area contributed by atoms with Crippen molar-refractivity contribution in [2.75, 3.05) is 31.6 Å². The van der Waals surface area contributed by atoms with E-state index in [1.165, 1.54) is 0 Å². The molecule has 0 unspecified atom stereocenters. The van der Waals surface area contributed by atoms with E-state index in [0.29, 0.717) is 29.9 Å². The Labute approximate surface area is 189 Å². The number of esters is 1. The van der Waals surface area contributed by atoms with Gasteiger partial charge in [-0.25, -0.2) is 0 Å². The highest BCUT2D eigenvalue weighted by molar-refractivity contribution is 9.10. The van der Waals surface area contributed by atoms with Crippen molar-refractivity contribution in [3.8, 4) is 0 Å². The van der Waals surface area contributed by atoms with Gasteiger partial charge in [-0.1, -0.05) is 15.9 Å². The van der Waals surface area contributed by atoms with E-state index in [1.54, 1.807) is 53.4 Å². The summed E-state index contributed by atoms with van der Waals surface area (Å²) >= 11 is 3.28. The predicted octanol–water partition coefficient (Wildman–Crippen LogP) is 2.84. The molecule has 0 fully saturated rings. The summed E-state index contributed by atoms with van der Waals surface area (Å²) in [4.78, 5) is 49.7. The number of hydrogen-bond donors (Lipinski definition) is 2. The predicted molar refractivity (Wildman–Crippen MR) is 120 cm³/mol. The molecule has 0 bridgehead atoms. The Kier molecular flexibility index (Phi) is 9.20. The van der Waals surface area contributed by atoms with Gasteiger partial charge in [-0.05, 0) is 62.4 Å². The summed E-state index contributed by atoms with van der Waals surface area (Å²) < 4.78 is 5.70. The first kappa shape index (κ1) is 24.1. The maximum atomic E-state index is 12.3. The van der Waals surface area contributed by atoms with E-state index >= 15 is 0 Å². The van der Waals surface area contributed by atoms with E-state index in [2.05, 4.69) is 26.6 Å². The van der Waals surface area contributed by atoms with Gasteiger partial charge in [-0.3, -0.25) is 19.2 Å². The number of anilines is 1. The van der Waals surface area contributed by atoms with Crippen LogP contribution in [0.2, 0.25) is 0 Å². The standard InChI is InChI=1S/C22H24BrN3O5/c1-3-26(4-2)22(30)16-7-11-18(12-8-16)25-19(27)14-31-20(28)13-24-21(29)15-5-9-17(23)10-6-15/h5-12H,3-4,13-14H2,1-2H3,(H,24,29)(H,25,27). The normalized spacial score (nSPS) is 10.2. The third kappa shape index (κ3) is 7.53. The average molecular weight is 490 g/mol. The topological polar surface area (TPSA) is 105 Å². The Morgan fingerprint density at radius 3 is 2.06 bits per heavy atom. The van der Waals surface area contributed by atoms with Gasteiger partial charge in [0.1, 0.15) is 6.54 Å². The van der Waals surface area contributed by atoms with Crippen molar-refractivity contribution in [1.82, 2.24) is 10.2 Å². The third-order valence-corrected chi connectivity index (χ3v) is 4.86. The fourth-order valence-corrected chi connectivity index (χ4v) is 2.90. The molecule has 3 amide bonds. The van der Waals surface area contributed by atoms with Gasteiger partial charge in [0.05, 0.1) is 0 Å². The van der Waals surface area contributed by atoms with E-state index in [4.69, 9.17) is 4.74 Å². The van der Waals surface area contributed by atoms with Crippen LogP contribution in [0.1, 0.15) is 34.6 Å². The summed E-state index contributed by atoms with van der Waals surface area (Å²) in [7, 11) is 0. The molecule has 0 heterocycles. The molecule has 0 radical (unpaired) electrons. The molecule has 0 saturated heterocycles. The van der Waals surface area contributed by atoms with Crippen LogP contribution in [-0.4, -0.2) is 54.8 Å². The first-order chi connectivity index (χ1) is 14.8. The highest BCUT2D eigenvalue weighted by Gasteiger charge is 2.13. The third-order valence-electron chi connectivity index (χ3n) is 4.33. The Balaban J connectivity index is 1.75. The summed E-state index contributed by atoms with van der Waals surface area (Å²) in [5, 5.41) is 5.01. The molecule has 2 rings (SSSR count). The highest BCUT2D eigenvalue weighted by atomic mass is 79.9. The summed E-state index contributed by atoms with van der Waals surface area (Å²) in [5.41, 5.74) is 1.40. The number of nitrogens with zero attached hydrogens (tertiary/aromatic N) is 1. The van der Waals surface area contributed by atoms with Gasteiger partial charge in [0.2, 0.25) is 0 Å². The summed E-state index contributed by atoms with van der Waals surface area (Å²) in [6.07, 6.45) is 0. The molecular formula is C22H24BrN3O5. The lowest BCUT2D eigenvalue weighted by atomic mass is 10.2. The lowest BCUT2D eigenvalue weighted by Crippen LogP contribution is -2.32. The Morgan fingerprint density at radius 1 is 0.903 bits per heavy atom. The smallest absolute Gasteiger partial charge is 0.325 e. The highest BCUT2D eigenvalue weighted by Crippen LogP contribution is 2.12. The maximum Gasteiger partial charge on any atom is 0.325 e. The number of amides is 3. The first-order valence-electron chi connectivity index (χ1n) is 9.72. The zero-order valence-electron chi connectivity index (χ0n) is 17.3. The van der Waals surface area contributed by atoms with Crippen LogP contribution in [0.4, 0.5) is 5.69 Å². The summed E-state index contributed by atoms with van der Waals surface area (Å²) in [5.74, 6) is -1.77. The number of ether oxygens (including phenoxy) is 1. The molecule has 2 aromatic rings. The molecule has 2 aromatic carbocycles. The Bertz CT molecular complexity index is 925. The molecule has 164 valence electrons. The minimum absolute atomic E-state index is 0.0815. The minimum atomic E-state index is -0.735. The van der Waals surface area contributed by atoms with E-state index < -0.39 is 24.4 Å². The van der Waals surface area contributed by atoms with Crippen LogP contribution in [0.25, 0.3) is 0 Å². The van der Waals surface area contributed by atoms with Crippen LogP contribution in [-0.2, 0) is 14.3 Å². The van der Waals surface area contributed by atoms with Gasteiger partial charge in [0.25, 0.3) is 17.7 Å². The largest absolute Gasteiger partial charge is 0.454 e. The van der Waals surface area contributed by atoms with Gasteiger partial charge >= 0.3 is 5.97 Å². The van der Waals surface area contributed by atoms with Crippen LogP contribution >= 0.6 is 15.9 Å². The van der Waals surface area contributed by atoms with Gasteiger partial charge in [0, 0.05) is 34.4 Å². The molecule has 2 N–H and O–H groups in total. The number of benzene rings is 2. The molecule has 0 aliphatic carbocycles. The fourth-order valence-electron chi connectivity index (χ4n) is 2.64. The van der Waals surface area contributed by atoms with Crippen molar-refractivity contribution < 1.29 is 23.9 Å². The number of halogens is 1. The molecule has 0 aromatic heterocycles. The van der Waals surface area contributed by atoms with Crippen molar-refractivity contribution in [3.63, 3.8) is 0 Å². The molecule has 0 saturated carbocycles. The Hall–Kier alpha value is -3.20. The van der Waals surface area contributed by atoms with E-state index in [-0.39, 0.29) is 12.5 Å². The maximum absolute atomic E-state index is 12.3. The van der Waals surface area contributed by atoms with Crippen LogP contribution in [0.5, 0.6) is 0 Å². The molecule has 0 atom stereocenters. The number of hydrogen-bond acceptors (Lipinski definition) is 5. The van der Waals surface area contributed by atoms with Crippen LogP contribution in [0.3, 0.4) is 0 Å². The van der Waals surface area contributed by atoms with Crippen LogP contribution < -0.4 is 10.6 Å². The second-order valence-corrected chi connectivity index (χ2v) is 7.37. The van der Waals surface area contributed by atoms with E-state index in [9.17, 15) is 19.2 Å². The minimum Gasteiger partial charge on any atom is -0.454 e. The van der Waals surface area contributed by atoms with Crippen molar-refractivity contribution in [2.45, 2.75) is 13.8 Å². The number of carbonyl (C=O) groups is 4. The zero-order chi connectivity index (χ0) is 22.8. The number of carbonyl (C=O) groups excluding carboxylic acids is 4. The average Bonchev–Trinajstić information content (AvgIpc) is 2.77. The van der Waals surface area contributed by atoms with Crippen LogP contribution in [0.15, 0.2) is 53.0 Å². The molecule has 31 heavy (non-hydrogen) atoms. The first-order valence-corrected chi connectivity index (χ1v) is 10.5. The van der Waals surface area contributed by atoms with Crippen molar-refractivity contribution in [3.05, 3.63) is 64.1 Å². The molecule has 9 heteroatoms. The van der Waals surface area contributed by atoms with Crippen LogP contribution in [0, 0.1) is 0 Å². The molecule has 0 aliphatic heterocycles. The van der Waals surface area contributed by atoms with Gasteiger partial charge in [-0.2, -0.15) is 0 Å². The number of nitrogens with one attached hydrogen (secondary N) is 2. The molecular weight excluding hydrogens is 466 g/mol. The van der Waals surface area contributed by atoms with Gasteiger partial charge in [-0.15, -0.1) is 0 Å². The van der Waals surface area contributed by atoms with Crippen molar-refractivity contribution >= 4 is 45.3 Å². The lowest BCUT2D eigenvalue weighted by Gasteiger charge is -2.18. The monoisotopic (exact) mass is 489 g/mol. The SMILES string of the molecule is CCN(CC)C(=O)c1ccc(NC(=O)COC(=O)CNC(=O)c2ccc(Br)cc2)cc1. The Morgan fingerprint density at radius 2 is 1.48 bits per heavy atom. The molecule has 0 spiro atoms. The fraction of sp³-hybridized carbons (Fsp3) is 0.273. The molecule has 8 nitrogen and oxygen atoms in total.